The number of rotatable bonds is 3. The molecule has 37 heavy (non-hydrogen) atoms. The molecule has 0 saturated heterocycles. The van der Waals surface area contributed by atoms with E-state index in [4.69, 9.17) is 0 Å². The molecule has 1 aliphatic heterocycles. The number of benzene rings is 3. The van der Waals surface area contributed by atoms with E-state index in [1.165, 1.54) is 43.7 Å². The summed E-state index contributed by atoms with van der Waals surface area (Å²) in [5, 5.41) is 3.61. The second-order valence-electron chi connectivity index (χ2n) is 9.14. The number of aromatic amines is 1. The van der Waals surface area contributed by atoms with E-state index in [1.54, 1.807) is 0 Å². The van der Waals surface area contributed by atoms with Gasteiger partial charge in [0.2, 0.25) is 0 Å². The van der Waals surface area contributed by atoms with Crippen LogP contribution in [-0.4, -0.2) is 4.98 Å². The van der Waals surface area contributed by atoms with Gasteiger partial charge in [-0.2, -0.15) is 0 Å². The topological polar surface area (TPSA) is 19.0 Å². The maximum absolute atomic E-state index is 4.59. The summed E-state index contributed by atoms with van der Waals surface area (Å²) in [5.41, 5.74) is 9.61. The van der Waals surface area contributed by atoms with Crippen LogP contribution in [-0.2, 0) is 6.42 Å². The van der Waals surface area contributed by atoms with Crippen molar-refractivity contribution in [2.75, 3.05) is 4.90 Å². The van der Waals surface area contributed by atoms with Crippen molar-refractivity contribution >= 4 is 46.2 Å². The van der Waals surface area contributed by atoms with Gasteiger partial charge < -0.3 is 9.88 Å². The fraction of sp³-hybridized carbons (Fsp3) is 0.143. The van der Waals surface area contributed by atoms with Gasteiger partial charge in [0.1, 0.15) is 0 Å². The zero-order valence-corrected chi connectivity index (χ0v) is 22.0. The van der Waals surface area contributed by atoms with E-state index >= 15 is 0 Å². The SMILES string of the molecule is C=C1/C=c2/cccc/c2=C/N(c2ccccc2)c2ccc3[nH]c4c(c3c21)C=C(/C=C\C=C/C)CC4.CC. The number of nitrogens with one attached hydrogen (secondary N) is 1. The number of nitrogens with zero attached hydrogens (tertiary/aromatic N) is 1. The van der Waals surface area contributed by atoms with Crippen molar-refractivity contribution in [1.29, 1.82) is 0 Å². The van der Waals surface area contributed by atoms with Crippen LogP contribution in [0.2, 0.25) is 0 Å². The standard InChI is InChI=1S/C33H28N2.C2H6/c1-3-4-6-11-24-16-17-29-28(21-24)33-30(34-29)18-19-31-32(33)23(2)20-25-12-9-10-13-26(25)22-35(31)27-14-7-5-8-15-27;1-2/h3-15,18-22,34H,2,16-17H2,1H3;1-2H3/b4-3-,11-6-,25-20-,26-22-;. The molecule has 1 N–H and O–H groups in total. The predicted octanol–water partition coefficient (Wildman–Crippen LogP) is 8.04. The van der Waals surface area contributed by atoms with E-state index in [0.717, 1.165) is 29.8 Å². The molecule has 184 valence electrons. The number of aryl methyl sites for hydroxylation is 1. The maximum Gasteiger partial charge on any atom is 0.0541 e. The van der Waals surface area contributed by atoms with Gasteiger partial charge in [0.25, 0.3) is 0 Å². The van der Waals surface area contributed by atoms with Gasteiger partial charge in [-0.15, -0.1) is 0 Å². The molecule has 0 spiro atoms. The van der Waals surface area contributed by atoms with E-state index in [-0.39, 0.29) is 0 Å². The fourth-order valence-corrected chi connectivity index (χ4v) is 5.22. The van der Waals surface area contributed by atoms with Crippen LogP contribution >= 0.6 is 0 Å². The Morgan fingerprint density at radius 3 is 2.38 bits per heavy atom. The Kier molecular flexibility index (Phi) is 7.09. The van der Waals surface area contributed by atoms with Crippen LogP contribution in [0.25, 0.3) is 34.8 Å². The van der Waals surface area contributed by atoms with Gasteiger partial charge in [-0.05, 0) is 77.8 Å². The van der Waals surface area contributed by atoms with Crippen LogP contribution in [0.1, 0.15) is 44.0 Å². The first-order valence-electron chi connectivity index (χ1n) is 13.2. The van der Waals surface area contributed by atoms with E-state index in [9.17, 15) is 0 Å². The number of hydrogen-bond donors (Lipinski definition) is 1. The van der Waals surface area contributed by atoms with Crippen molar-refractivity contribution in [3.63, 3.8) is 0 Å². The molecule has 0 unspecified atom stereocenters. The molecule has 1 aromatic heterocycles. The van der Waals surface area contributed by atoms with Gasteiger partial charge in [-0.1, -0.05) is 87.2 Å². The van der Waals surface area contributed by atoms with Gasteiger partial charge in [0.15, 0.2) is 0 Å². The van der Waals surface area contributed by atoms with Crippen molar-refractivity contribution in [3.8, 4) is 0 Å². The van der Waals surface area contributed by atoms with Crippen molar-refractivity contribution in [2.45, 2.75) is 33.6 Å². The molecule has 0 saturated carbocycles. The average molecular weight is 483 g/mol. The minimum atomic E-state index is 1.01. The van der Waals surface area contributed by atoms with E-state index in [1.807, 2.05) is 20.8 Å². The highest BCUT2D eigenvalue weighted by atomic mass is 15.1. The van der Waals surface area contributed by atoms with Gasteiger partial charge in [-0.3, -0.25) is 0 Å². The van der Waals surface area contributed by atoms with Crippen LogP contribution in [0.4, 0.5) is 11.4 Å². The summed E-state index contributed by atoms with van der Waals surface area (Å²) >= 11 is 0. The predicted molar refractivity (Wildman–Crippen MR) is 162 cm³/mol. The quantitative estimate of drug-likeness (QED) is 0.293. The normalized spacial score (nSPS) is 16.4. The van der Waals surface area contributed by atoms with Crippen LogP contribution in [0.3, 0.4) is 0 Å². The largest absolute Gasteiger partial charge is 0.358 e. The molecule has 6 rings (SSSR count). The molecule has 0 bridgehead atoms. The summed E-state index contributed by atoms with van der Waals surface area (Å²) < 4.78 is 0. The molecule has 0 fully saturated rings. The van der Waals surface area contributed by atoms with Crippen LogP contribution in [0.15, 0.2) is 103 Å². The number of fused-ring (bicyclic) bond motifs is 6. The van der Waals surface area contributed by atoms with Crippen molar-refractivity contribution < 1.29 is 0 Å². The Labute approximate surface area is 220 Å². The minimum Gasteiger partial charge on any atom is -0.358 e. The van der Waals surface area contributed by atoms with Crippen molar-refractivity contribution in [3.05, 3.63) is 130 Å². The Morgan fingerprint density at radius 2 is 1.59 bits per heavy atom. The summed E-state index contributed by atoms with van der Waals surface area (Å²) in [7, 11) is 0. The highest BCUT2D eigenvalue weighted by Crippen LogP contribution is 2.42. The average Bonchev–Trinajstić information content (AvgIpc) is 3.31. The van der Waals surface area contributed by atoms with Crippen LogP contribution in [0, 0.1) is 0 Å². The molecular weight excluding hydrogens is 448 g/mol. The smallest absolute Gasteiger partial charge is 0.0541 e. The number of anilines is 2. The van der Waals surface area contributed by atoms with Gasteiger partial charge >= 0.3 is 0 Å². The number of hydrogen-bond acceptors (Lipinski definition) is 1. The highest BCUT2D eigenvalue weighted by Gasteiger charge is 2.23. The summed E-state index contributed by atoms with van der Waals surface area (Å²) in [4.78, 5) is 6.03. The summed E-state index contributed by atoms with van der Waals surface area (Å²) in [6.45, 7) is 10.6. The third-order valence-electron chi connectivity index (χ3n) is 6.88. The number of allylic oxidation sites excluding steroid dienone is 6. The first-order valence-corrected chi connectivity index (χ1v) is 13.2. The van der Waals surface area contributed by atoms with E-state index in [2.05, 4.69) is 126 Å². The minimum absolute atomic E-state index is 1.01. The van der Waals surface area contributed by atoms with Gasteiger partial charge in [0, 0.05) is 39.6 Å². The molecule has 2 nitrogen and oxygen atoms in total. The molecule has 2 heterocycles. The van der Waals surface area contributed by atoms with Crippen molar-refractivity contribution in [1.82, 2.24) is 4.98 Å². The molecule has 2 aliphatic rings. The summed E-state index contributed by atoms with van der Waals surface area (Å²) in [6.07, 6.45) is 17.4. The van der Waals surface area contributed by atoms with Gasteiger partial charge in [-0.25, -0.2) is 0 Å². The zero-order chi connectivity index (χ0) is 25.8. The fourth-order valence-electron chi connectivity index (χ4n) is 5.22. The zero-order valence-electron chi connectivity index (χ0n) is 22.0. The molecule has 2 heteroatoms. The first kappa shape index (κ1) is 24.4. The molecule has 3 aromatic carbocycles. The molecule has 1 aliphatic carbocycles. The first-order chi connectivity index (χ1) is 18.2. The lowest BCUT2D eigenvalue weighted by Gasteiger charge is -2.26. The summed E-state index contributed by atoms with van der Waals surface area (Å²) in [6, 6.07) is 23.6. The lowest BCUT2D eigenvalue weighted by molar-refractivity contribution is 0.921. The number of para-hydroxylation sites is 1. The van der Waals surface area contributed by atoms with E-state index in [0.29, 0.717) is 0 Å². The number of H-pyrrole nitrogens is 1. The molecule has 4 aromatic rings. The lowest BCUT2D eigenvalue weighted by atomic mass is 9.90. The van der Waals surface area contributed by atoms with Gasteiger partial charge in [0.05, 0.1) is 5.69 Å². The number of aromatic nitrogens is 1. The molecule has 0 atom stereocenters. The monoisotopic (exact) mass is 482 g/mol. The Bertz CT molecular complexity index is 1660. The second-order valence-corrected chi connectivity index (χ2v) is 9.14. The van der Waals surface area contributed by atoms with Crippen molar-refractivity contribution in [2.24, 2.45) is 0 Å². The second kappa shape index (κ2) is 10.8. The Morgan fingerprint density at radius 1 is 0.838 bits per heavy atom. The highest BCUT2D eigenvalue weighted by molar-refractivity contribution is 6.10. The van der Waals surface area contributed by atoms with E-state index < -0.39 is 0 Å². The van der Waals surface area contributed by atoms with Crippen LogP contribution < -0.4 is 15.3 Å². The molecule has 0 amide bonds. The third kappa shape index (κ3) is 4.63. The molecule has 0 radical (unpaired) electrons. The third-order valence-corrected chi connectivity index (χ3v) is 6.88. The lowest BCUT2D eigenvalue weighted by Crippen LogP contribution is -2.29. The Hall–Kier alpha value is -4.30. The maximum atomic E-state index is 4.59. The Balaban J connectivity index is 0.00000137. The van der Waals surface area contributed by atoms with Crippen LogP contribution in [0.5, 0.6) is 0 Å². The summed E-state index contributed by atoms with van der Waals surface area (Å²) in [5.74, 6) is 0. The molecular formula is C35H34N2.